The number of rotatable bonds is 6. The highest BCUT2D eigenvalue weighted by molar-refractivity contribution is 5.88. The molecule has 0 saturated carbocycles. The Morgan fingerprint density at radius 3 is 2.75 bits per heavy atom. The minimum absolute atomic E-state index is 0.00805. The van der Waals surface area contributed by atoms with Gasteiger partial charge < -0.3 is 10.4 Å². The van der Waals surface area contributed by atoms with Gasteiger partial charge in [-0.05, 0) is 18.6 Å². The lowest BCUT2D eigenvalue weighted by Crippen LogP contribution is -2.26. The number of nitrogens with zero attached hydrogens (tertiary/aromatic N) is 2. The topological polar surface area (TPSA) is 120 Å². The minimum Gasteiger partial charge on any atom is -0.872 e. The number of nitro groups is 1. The van der Waals surface area contributed by atoms with Crippen LogP contribution >= 0.6 is 0 Å². The van der Waals surface area contributed by atoms with E-state index in [4.69, 9.17) is 0 Å². The summed E-state index contributed by atoms with van der Waals surface area (Å²) >= 11 is 0. The Morgan fingerprint density at radius 1 is 1.29 bits per heavy atom. The summed E-state index contributed by atoms with van der Waals surface area (Å²) in [4.78, 5) is 22.0. The second-order valence-electron chi connectivity index (χ2n) is 4.94. The van der Waals surface area contributed by atoms with E-state index in [2.05, 4.69) is 15.8 Å². The Morgan fingerprint density at radius 2 is 2.04 bits per heavy atom. The summed E-state index contributed by atoms with van der Waals surface area (Å²) in [5.41, 5.74) is 3.84. The van der Waals surface area contributed by atoms with E-state index in [1.54, 1.807) is 0 Å². The standard InChI is InChI=1S/C16H16N4O4/c1-11-4-2-3-5-14(11)17-10-16(22)19-18-9-12-8-13(21)6-7-15(12)20(23)24/h2-9,17,21H,10H2,1H3,(H,19,22)/p-1/b18-9-. The quantitative estimate of drug-likeness (QED) is 0.474. The number of nitro benzene ring substituents is 1. The van der Waals surface area contributed by atoms with Crippen LogP contribution in [0.25, 0.3) is 0 Å². The number of aryl methyl sites for hydroxylation is 1. The highest BCUT2D eigenvalue weighted by Gasteiger charge is 2.10. The zero-order valence-corrected chi connectivity index (χ0v) is 12.9. The summed E-state index contributed by atoms with van der Waals surface area (Å²) < 4.78 is 0. The summed E-state index contributed by atoms with van der Waals surface area (Å²) in [7, 11) is 0. The van der Waals surface area contributed by atoms with E-state index in [1.165, 1.54) is 0 Å². The number of benzene rings is 2. The van der Waals surface area contributed by atoms with Crippen molar-refractivity contribution in [1.29, 1.82) is 0 Å². The summed E-state index contributed by atoms with van der Waals surface area (Å²) in [5.74, 6) is -0.801. The molecule has 0 heterocycles. The number of amides is 1. The molecule has 124 valence electrons. The van der Waals surface area contributed by atoms with Crippen LogP contribution in [0.3, 0.4) is 0 Å². The molecule has 0 aromatic heterocycles. The summed E-state index contributed by atoms with van der Waals surface area (Å²) in [6, 6.07) is 10.8. The van der Waals surface area contributed by atoms with Gasteiger partial charge in [0.05, 0.1) is 23.2 Å². The first-order valence-electron chi connectivity index (χ1n) is 7.04. The highest BCUT2D eigenvalue weighted by Crippen LogP contribution is 2.20. The summed E-state index contributed by atoms with van der Waals surface area (Å²) in [6.07, 6.45) is 1.07. The van der Waals surface area contributed by atoms with Gasteiger partial charge in [-0.1, -0.05) is 30.3 Å². The molecule has 2 rings (SSSR count). The van der Waals surface area contributed by atoms with Gasteiger partial charge in [0.15, 0.2) is 0 Å². The minimum atomic E-state index is -0.623. The molecule has 2 aromatic rings. The van der Waals surface area contributed by atoms with E-state index >= 15 is 0 Å². The van der Waals surface area contributed by atoms with Crippen molar-refractivity contribution in [3.05, 3.63) is 63.7 Å². The summed E-state index contributed by atoms with van der Waals surface area (Å²) in [5, 5.41) is 28.7. The molecule has 0 atom stereocenters. The maximum Gasteiger partial charge on any atom is 0.278 e. The molecule has 0 saturated heterocycles. The molecule has 0 fully saturated rings. The molecule has 0 aliphatic carbocycles. The third-order valence-electron chi connectivity index (χ3n) is 3.17. The van der Waals surface area contributed by atoms with Gasteiger partial charge in [0, 0.05) is 11.8 Å². The Kier molecular flexibility index (Phi) is 5.45. The lowest BCUT2D eigenvalue weighted by Gasteiger charge is -2.08. The van der Waals surface area contributed by atoms with E-state index < -0.39 is 10.8 Å². The first-order valence-corrected chi connectivity index (χ1v) is 7.04. The molecule has 8 heteroatoms. The number of anilines is 1. The van der Waals surface area contributed by atoms with Crippen LogP contribution in [0.15, 0.2) is 47.6 Å². The molecule has 0 spiro atoms. The molecule has 2 N–H and O–H groups in total. The third-order valence-corrected chi connectivity index (χ3v) is 3.17. The molecule has 0 bridgehead atoms. The zero-order valence-electron chi connectivity index (χ0n) is 12.9. The third kappa shape index (κ3) is 4.54. The number of hydrogen-bond acceptors (Lipinski definition) is 6. The van der Waals surface area contributed by atoms with Crippen molar-refractivity contribution in [3.63, 3.8) is 0 Å². The molecule has 1 amide bonds. The van der Waals surface area contributed by atoms with Crippen LogP contribution in [-0.4, -0.2) is 23.6 Å². The van der Waals surface area contributed by atoms with Gasteiger partial charge in [-0.2, -0.15) is 5.10 Å². The van der Waals surface area contributed by atoms with Crippen molar-refractivity contribution in [3.8, 4) is 5.75 Å². The van der Waals surface area contributed by atoms with Crippen LogP contribution in [0.2, 0.25) is 0 Å². The van der Waals surface area contributed by atoms with Gasteiger partial charge in [0.25, 0.3) is 11.6 Å². The fourth-order valence-corrected chi connectivity index (χ4v) is 1.96. The van der Waals surface area contributed by atoms with Gasteiger partial charge >= 0.3 is 0 Å². The first-order chi connectivity index (χ1) is 11.5. The van der Waals surface area contributed by atoms with Gasteiger partial charge in [-0.25, -0.2) is 5.43 Å². The van der Waals surface area contributed by atoms with Crippen LogP contribution in [0.4, 0.5) is 11.4 Å². The number of carbonyl (C=O) groups is 1. The fourth-order valence-electron chi connectivity index (χ4n) is 1.96. The zero-order chi connectivity index (χ0) is 17.5. The molecule has 0 aliphatic rings. The molecule has 0 radical (unpaired) electrons. The SMILES string of the molecule is Cc1ccccc1NCC(=O)N/N=C\c1cc([O-])ccc1[N+](=O)[O-]. The van der Waals surface area contributed by atoms with Crippen molar-refractivity contribution in [2.45, 2.75) is 6.92 Å². The highest BCUT2D eigenvalue weighted by atomic mass is 16.6. The average Bonchev–Trinajstić information content (AvgIpc) is 2.54. The maximum atomic E-state index is 11.7. The lowest BCUT2D eigenvalue weighted by molar-refractivity contribution is -0.385. The Balaban J connectivity index is 1.94. The maximum absolute atomic E-state index is 11.7. The van der Waals surface area contributed by atoms with Crippen molar-refractivity contribution in [2.24, 2.45) is 5.10 Å². The second kappa shape index (κ2) is 7.73. The number of nitrogens with one attached hydrogen (secondary N) is 2. The van der Waals surface area contributed by atoms with Crippen LogP contribution in [0, 0.1) is 17.0 Å². The van der Waals surface area contributed by atoms with Gasteiger partial charge in [0.1, 0.15) is 0 Å². The molecule has 24 heavy (non-hydrogen) atoms. The van der Waals surface area contributed by atoms with Crippen molar-refractivity contribution in [1.82, 2.24) is 5.43 Å². The van der Waals surface area contributed by atoms with E-state index in [1.807, 2.05) is 31.2 Å². The van der Waals surface area contributed by atoms with Gasteiger partial charge in [-0.3, -0.25) is 14.9 Å². The van der Waals surface area contributed by atoms with E-state index in [9.17, 15) is 20.0 Å². The van der Waals surface area contributed by atoms with E-state index in [0.717, 1.165) is 35.7 Å². The number of hydrogen-bond donors (Lipinski definition) is 2. The fraction of sp³-hybridized carbons (Fsp3) is 0.125. The van der Waals surface area contributed by atoms with E-state index in [0.29, 0.717) is 0 Å². The monoisotopic (exact) mass is 327 g/mol. The Hall–Kier alpha value is -3.42. The average molecular weight is 327 g/mol. The molecule has 0 unspecified atom stereocenters. The van der Waals surface area contributed by atoms with E-state index in [-0.39, 0.29) is 23.5 Å². The predicted octanol–water partition coefficient (Wildman–Crippen LogP) is 1.54. The molecular weight excluding hydrogens is 312 g/mol. The molecule has 2 aromatic carbocycles. The van der Waals surface area contributed by atoms with Gasteiger partial charge in [0.2, 0.25) is 0 Å². The Bertz CT molecular complexity index is 789. The van der Waals surface area contributed by atoms with Crippen LogP contribution in [0.5, 0.6) is 5.75 Å². The largest absolute Gasteiger partial charge is 0.872 e. The van der Waals surface area contributed by atoms with Crippen molar-refractivity contribution >= 4 is 23.5 Å². The molecule has 8 nitrogen and oxygen atoms in total. The number of hydrazone groups is 1. The molecule has 0 aliphatic heterocycles. The van der Waals surface area contributed by atoms with Crippen molar-refractivity contribution in [2.75, 3.05) is 11.9 Å². The summed E-state index contributed by atoms with van der Waals surface area (Å²) in [6.45, 7) is 1.90. The lowest BCUT2D eigenvalue weighted by atomic mass is 10.2. The van der Waals surface area contributed by atoms with Gasteiger partial charge in [-0.15, -0.1) is 5.75 Å². The normalized spacial score (nSPS) is 10.5. The number of para-hydroxylation sites is 1. The van der Waals surface area contributed by atoms with Crippen molar-refractivity contribution < 1.29 is 14.8 Å². The predicted molar refractivity (Wildman–Crippen MR) is 87.9 cm³/mol. The first kappa shape index (κ1) is 16.9. The van der Waals surface area contributed by atoms with Crippen LogP contribution in [-0.2, 0) is 4.79 Å². The second-order valence-corrected chi connectivity index (χ2v) is 4.94. The van der Waals surface area contributed by atoms with Crippen LogP contribution in [0.1, 0.15) is 11.1 Å². The molecular formula is C16H15N4O4-. The number of carbonyl (C=O) groups excluding carboxylic acids is 1. The Labute approximate surface area is 138 Å². The smallest absolute Gasteiger partial charge is 0.278 e. The van der Waals surface area contributed by atoms with Crippen LogP contribution < -0.4 is 15.8 Å².